The number of hydrogen-bond donors (Lipinski definition) is 2. The molecule has 3 aromatic rings. The van der Waals surface area contributed by atoms with Gasteiger partial charge in [0.2, 0.25) is 5.91 Å². The highest BCUT2D eigenvalue weighted by molar-refractivity contribution is 6.31. The van der Waals surface area contributed by atoms with E-state index in [0.29, 0.717) is 16.4 Å². The number of hydrogen-bond acceptors (Lipinski definition) is 4. The minimum atomic E-state index is -0.439. The Morgan fingerprint density at radius 1 is 1.03 bits per heavy atom. The average molecular weight is 413 g/mol. The number of rotatable bonds is 7. The number of halogens is 1. The third-order valence-electron chi connectivity index (χ3n) is 4.39. The summed E-state index contributed by atoms with van der Waals surface area (Å²) in [7, 11) is 0. The summed E-state index contributed by atoms with van der Waals surface area (Å²) in [6.45, 7) is 4.22. The maximum absolute atomic E-state index is 12.4. The van der Waals surface area contributed by atoms with Crippen molar-refractivity contribution < 1.29 is 18.7 Å². The van der Waals surface area contributed by atoms with Gasteiger partial charge in [0.05, 0.1) is 30.7 Å². The number of aryl methyl sites for hydroxylation is 1. The van der Waals surface area contributed by atoms with Crippen molar-refractivity contribution in [3.05, 3.63) is 76.7 Å². The molecule has 3 rings (SSSR count). The van der Waals surface area contributed by atoms with Gasteiger partial charge in [0, 0.05) is 5.02 Å². The second-order valence-corrected chi connectivity index (χ2v) is 6.90. The fraction of sp³-hybridized carbons (Fsp3) is 0.182. The Labute approximate surface area is 173 Å². The molecule has 0 radical (unpaired) electrons. The summed E-state index contributed by atoms with van der Waals surface area (Å²) >= 11 is 6.03. The van der Waals surface area contributed by atoms with Gasteiger partial charge in [-0.3, -0.25) is 9.59 Å². The molecule has 0 atom stereocenters. The average Bonchev–Trinajstić information content (AvgIpc) is 3.22. The number of carbonyl (C=O) groups excluding carboxylic acids is 2. The van der Waals surface area contributed by atoms with E-state index in [1.54, 1.807) is 30.3 Å². The van der Waals surface area contributed by atoms with Crippen LogP contribution in [-0.2, 0) is 4.79 Å². The molecule has 0 aliphatic carbocycles. The van der Waals surface area contributed by atoms with E-state index in [9.17, 15) is 9.59 Å². The van der Waals surface area contributed by atoms with Crippen molar-refractivity contribution in [3.8, 4) is 5.75 Å². The zero-order valence-electron chi connectivity index (χ0n) is 16.1. The van der Waals surface area contributed by atoms with Crippen LogP contribution >= 0.6 is 11.6 Å². The maximum Gasteiger partial charge on any atom is 0.291 e. The number of nitrogens with one attached hydrogen (secondary N) is 2. The molecule has 1 aromatic heterocycles. The van der Waals surface area contributed by atoms with Gasteiger partial charge in [-0.15, -0.1) is 0 Å². The third kappa shape index (κ3) is 5.39. The van der Waals surface area contributed by atoms with Crippen LogP contribution in [-0.4, -0.2) is 18.4 Å². The fourth-order valence-corrected chi connectivity index (χ4v) is 2.84. The van der Waals surface area contributed by atoms with E-state index in [1.165, 1.54) is 6.26 Å². The minimum Gasteiger partial charge on any atom is -0.493 e. The highest BCUT2D eigenvalue weighted by Crippen LogP contribution is 2.27. The van der Waals surface area contributed by atoms with Crippen LogP contribution < -0.4 is 15.4 Å². The normalized spacial score (nSPS) is 10.4. The topological polar surface area (TPSA) is 80.6 Å². The smallest absolute Gasteiger partial charge is 0.291 e. The van der Waals surface area contributed by atoms with E-state index in [0.717, 1.165) is 16.9 Å². The predicted octanol–water partition coefficient (Wildman–Crippen LogP) is 5.21. The number of anilines is 2. The number of furan rings is 1. The van der Waals surface area contributed by atoms with Crippen LogP contribution in [0.4, 0.5) is 11.4 Å². The van der Waals surface area contributed by atoms with Gasteiger partial charge in [-0.2, -0.15) is 0 Å². The SMILES string of the molecule is Cc1cccc(OCCC(=O)Nc2ccc(Cl)cc2NC(=O)c2ccco2)c1C. The first-order valence-corrected chi connectivity index (χ1v) is 9.45. The summed E-state index contributed by atoms with van der Waals surface area (Å²) in [5, 5.41) is 5.90. The van der Waals surface area contributed by atoms with Crippen molar-refractivity contribution in [2.24, 2.45) is 0 Å². The molecule has 0 bridgehead atoms. The zero-order chi connectivity index (χ0) is 20.8. The molecular weight excluding hydrogens is 392 g/mol. The van der Waals surface area contributed by atoms with Crippen molar-refractivity contribution in [3.63, 3.8) is 0 Å². The minimum absolute atomic E-state index is 0.154. The standard InChI is InChI=1S/C22H21ClN2O4/c1-14-5-3-6-19(15(14)2)29-12-10-21(26)24-17-9-8-16(23)13-18(17)25-22(27)20-7-4-11-28-20/h3-9,11,13H,10,12H2,1-2H3,(H,24,26)(H,25,27). The lowest BCUT2D eigenvalue weighted by Gasteiger charge is -2.13. The molecule has 2 aromatic carbocycles. The van der Waals surface area contributed by atoms with Gasteiger partial charge in [0.15, 0.2) is 5.76 Å². The lowest BCUT2D eigenvalue weighted by molar-refractivity contribution is -0.116. The lowest BCUT2D eigenvalue weighted by atomic mass is 10.1. The van der Waals surface area contributed by atoms with E-state index >= 15 is 0 Å². The quantitative estimate of drug-likeness (QED) is 0.558. The second-order valence-electron chi connectivity index (χ2n) is 6.47. The molecule has 0 saturated heterocycles. The Bertz CT molecular complexity index is 1020. The highest BCUT2D eigenvalue weighted by atomic mass is 35.5. The summed E-state index contributed by atoms with van der Waals surface area (Å²) in [4.78, 5) is 24.6. The molecule has 2 N–H and O–H groups in total. The first kappa shape index (κ1) is 20.5. The van der Waals surface area contributed by atoms with E-state index in [1.807, 2.05) is 32.0 Å². The van der Waals surface area contributed by atoms with E-state index in [-0.39, 0.29) is 24.7 Å². The molecule has 29 heavy (non-hydrogen) atoms. The summed E-state index contributed by atoms with van der Waals surface area (Å²) in [5.74, 6) is 0.233. The fourth-order valence-electron chi connectivity index (χ4n) is 2.67. The molecule has 0 saturated carbocycles. The maximum atomic E-state index is 12.4. The van der Waals surface area contributed by atoms with Crippen molar-refractivity contribution >= 4 is 34.8 Å². The molecule has 0 fully saturated rings. The molecule has 150 valence electrons. The van der Waals surface area contributed by atoms with E-state index in [2.05, 4.69) is 10.6 Å². The van der Waals surface area contributed by atoms with E-state index in [4.69, 9.17) is 20.8 Å². The summed E-state index contributed by atoms with van der Waals surface area (Å²) in [5.41, 5.74) is 2.99. The predicted molar refractivity (Wildman–Crippen MR) is 113 cm³/mol. The number of amides is 2. The highest BCUT2D eigenvalue weighted by Gasteiger charge is 2.14. The Morgan fingerprint density at radius 3 is 2.62 bits per heavy atom. The van der Waals surface area contributed by atoms with Gasteiger partial charge in [-0.05, 0) is 61.4 Å². The van der Waals surface area contributed by atoms with E-state index < -0.39 is 5.91 Å². The van der Waals surface area contributed by atoms with Crippen LogP contribution in [0.1, 0.15) is 28.1 Å². The third-order valence-corrected chi connectivity index (χ3v) is 4.63. The molecule has 2 amide bonds. The first-order chi connectivity index (χ1) is 13.9. The van der Waals surface area contributed by atoms with Gasteiger partial charge >= 0.3 is 0 Å². The van der Waals surface area contributed by atoms with Crippen LogP contribution in [0.5, 0.6) is 5.75 Å². The molecule has 7 heteroatoms. The number of carbonyl (C=O) groups is 2. The molecule has 1 heterocycles. The second kappa shape index (κ2) is 9.30. The molecule has 0 aliphatic rings. The molecule has 0 spiro atoms. The van der Waals surface area contributed by atoms with Gasteiger partial charge in [-0.1, -0.05) is 23.7 Å². The summed E-state index contributed by atoms with van der Waals surface area (Å²) in [6, 6.07) is 13.8. The molecule has 0 unspecified atom stereocenters. The largest absolute Gasteiger partial charge is 0.493 e. The Balaban J connectivity index is 1.61. The summed E-state index contributed by atoms with van der Waals surface area (Å²) in [6.07, 6.45) is 1.56. The lowest BCUT2D eigenvalue weighted by Crippen LogP contribution is -2.18. The van der Waals surface area contributed by atoms with Crippen molar-refractivity contribution in [2.45, 2.75) is 20.3 Å². The van der Waals surface area contributed by atoms with Crippen LogP contribution in [0.3, 0.4) is 0 Å². The first-order valence-electron chi connectivity index (χ1n) is 9.07. The van der Waals surface area contributed by atoms with Crippen molar-refractivity contribution in [1.82, 2.24) is 0 Å². The van der Waals surface area contributed by atoms with Crippen LogP contribution in [0.2, 0.25) is 5.02 Å². The van der Waals surface area contributed by atoms with Gasteiger partial charge < -0.3 is 19.8 Å². The van der Waals surface area contributed by atoms with Crippen molar-refractivity contribution in [2.75, 3.05) is 17.2 Å². The Hall–Kier alpha value is -3.25. The zero-order valence-corrected chi connectivity index (χ0v) is 16.9. The Kier molecular flexibility index (Phi) is 6.57. The molecule has 6 nitrogen and oxygen atoms in total. The van der Waals surface area contributed by atoms with Crippen molar-refractivity contribution in [1.29, 1.82) is 0 Å². The monoisotopic (exact) mass is 412 g/mol. The van der Waals surface area contributed by atoms with Gasteiger partial charge in [0.25, 0.3) is 5.91 Å². The number of benzene rings is 2. The van der Waals surface area contributed by atoms with Gasteiger partial charge in [0.1, 0.15) is 5.75 Å². The van der Waals surface area contributed by atoms with Crippen LogP contribution in [0.25, 0.3) is 0 Å². The number of ether oxygens (including phenoxy) is 1. The van der Waals surface area contributed by atoms with Crippen LogP contribution in [0, 0.1) is 13.8 Å². The Morgan fingerprint density at radius 2 is 1.86 bits per heavy atom. The molecular formula is C22H21ClN2O4. The van der Waals surface area contributed by atoms with Crippen LogP contribution in [0.15, 0.2) is 59.2 Å². The summed E-state index contributed by atoms with van der Waals surface area (Å²) < 4.78 is 10.8. The van der Waals surface area contributed by atoms with Gasteiger partial charge in [-0.25, -0.2) is 0 Å². The molecule has 0 aliphatic heterocycles.